The van der Waals surface area contributed by atoms with Gasteiger partial charge in [-0.05, 0) is 44.4 Å². The van der Waals surface area contributed by atoms with Gasteiger partial charge in [0.25, 0.3) is 0 Å². The van der Waals surface area contributed by atoms with Gasteiger partial charge in [0.2, 0.25) is 0 Å². The third-order valence-corrected chi connectivity index (χ3v) is 3.58. The Balaban J connectivity index is 2.11. The van der Waals surface area contributed by atoms with Crippen LogP contribution in [0.5, 0.6) is 5.75 Å². The molecule has 0 saturated heterocycles. The number of hydrogen-bond acceptors (Lipinski definition) is 3. The topological polar surface area (TPSA) is 46.5 Å². The molecule has 0 bridgehead atoms. The summed E-state index contributed by atoms with van der Waals surface area (Å²) >= 11 is 6.08. The van der Waals surface area contributed by atoms with Crippen molar-refractivity contribution in [2.75, 3.05) is 0 Å². The van der Waals surface area contributed by atoms with Crippen LogP contribution in [0.25, 0.3) is 0 Å². The number of hydrogen-bond donors (Lipinski definition) is 1. The summed E-state index contributed by atoms with van der Waals surface area (Å²) in [7, 11) is 0. The second-order valence-electron chi connectivity index (χ2n) is 4.71. The van der Waals surface area contributed by atoms with Crippen molar-refractivity contribution in [1.82, 2.24) is 0 Å². The van der Waals surface area contributed by atoms with Crippen molar-refractivity contribution in [1.29, 1.82) is 0 Å². The third-order valence-electron chi connectivity index (χ3n) is 3.28. The van der Waals surface area contributed by atoms with Crippen LogP contribution < -0.4 is 4.74 Å². The molecule has 1 aliphatic rings. The molecule has 0 radical (unpaired) electrons. The second kappa shape index (κ2) is 5.72. The van der Waals surface area contributed by atoms with E-state index in [-0.39, 0.29) is 11.9 Å². The van der Waals surface area contributed by atoms with Crippen LogP contribution in [0.2, 0.25) is 5.02 Å². The summed E-state index contributed by atoms with van der Waals surface area (Å²) in [5, 5.41) is 10.3. The predicted molar refractivity (Wildman–Crippen MR) is 70.3 cm³/mol. The molecule has 4 heteroatoms. The van der Waals surface area contributed by atoms with Gasteiger partial charge in [-0.2, -0.15) is 0 Å². The third kappa shape index (κ3) is 3.03. The monoisotopic (exact) mass is 268 g/mol. The second-order valence-corrected chi connectivity index (χ2v) is 5.12. The normalized spacial score (nSPS) is 23.7. The van der Waals surface area contributed by atoms with Crippen molar-refractivity contribution in [3.63, 3.8) is 0 Å². The molecule has 1 N–H and O–H groups in total. The minimum atomic E-state index is -0.428. The Morgan fingerprint density at radius 3 is 2.72 bits per heavy atom. The van der Waals surface area contributed by atoms with E-state index in [4.69, 9.17) is 16.3 Å². The summed E-state index contributed by atoms with van der Waals surface area (Å²) in [6, 6.07) is 4.99. The Bertz CT molecular complexity index is 445. The molecule has 0 aromatic heterocycles. The molecule has 0 spiro atoms. The number of aliphatic hydroxyl groups is 1. The van der Waals surface area contributed by atoms with Gasteiger partial charge in [-0.25, -0.2) is 0 Å². The van der Waals surface area contributed by atoms with Crippen LogP contribution in [0.3, 0.4) is 0 Å². The van der Waals surface area contributed by atoms with Crippen LogP contribution in [0.1, 0.15) is 43.0 Å². The highest BCUT2D eigenvalue weighted by molar-refractivity contribution is 6.32. The highest BCUT2D eigenvalue weighted by Crippen LogP contribution is 2.30. The van der Waals surface area contributed by atoms with Crippen molar-refractivity contribution < 1.29 is 14.6 Å². The Morgan fingerprint density at radius 2 is 2.11 bits per heavy atom. The SMILES string of the molecule is CC(=O)c1ccc(O[C@H]2CCCC[C@@H]2O)c(Cl)c1. The summed E-state index contributed by atoms with van der Waals surface area (Å²) in [5.74, 6) is 0.508. The lowest BCUT2D eigenvalue weighted by Gasteiger charge is -2.28. The van der Waals surface area contributed by atoms with E-state index in [9.17, 15) is 9.90 Å². The number of carbonyl (C=O) groups is 1. The zero-order chi connectivity index (χ0) is 13.1. The molecular formula is C14H17ClO3. The average Bonchev–Trinajstić information content (AvgIpc) is 2.34. The molecule has 98 valence electrons. The number of benzene rings is 1. The first-order valence-electron chi connectivity index (χ1n) is 6.23. The number of halogens is 1. The van der Waals surface area contributed by atoms with Crippen LogP contribution >= 0.6 is 11.6 Å². The van der Waals surface area contributed by atoms with Crippen molar-refractivity contribution >= 4 is 17.4 Å². The van der Waals surface area contributed by atoms with Gasteiger partial charge in [0, 0.05) is 5.56 Å². The minimum absolute atomic E-state index is 0.0267. The average molecular weight is 269 g/mol. The maximum absolute atomic E-state index is 11.2. The molecule has 0 heterocycles. The van der Waals surface area contributed by atoms with E-state index in [1.807, 2.05) is 0 Å². The van der Waals surface area contributed by atoms with Gasteiger partial charge in [-0.1, -0.05) is 18.0 Å². The largest absolute Gasteiger partial charge is 0.486 e. The van der Waals surface area contributed by atoms with Crippen LogP contribution in [-0.4, -0.2) is 23.1 Å². The van der Waals surface area contributed by atoms with Crippen molar-refractivity contribution in [3.05, 3.63) is 28.8 Å². The summed E-state index contributed by atoms with van der Waals surface area (Å²) in [6.07, 6.45) is 3.09. The molecule has 0 amide bonds. The molecule has 2 atom stereocenters. The predicted octanol–water partition coefficient (Wildman–Crippen LogP) is 3.22. The molecule has 0 unspecified atom stereocenters. The van der Waals surface area contributed by atoms with Crippen LogP contribution in [0, 0.1) is 0 Å². The fourth-order valence-electron chi connectivity index (χ4n) is 2.19. The molecule has 2 rings (SSSR count). The Morgan fingerprint density at radius 1 is 1.39 bits per heavy atom. The number of rotatable bonds is 3. The van der Waals surface area contributed by atoms with Gasteiger partial charge in [-0.3, -0.25) is 4.79 Å². The first-order chi connectivity index (χ1) is 8.58. The quantitative estimate of drug-likeness (QED) is 0.856. The fraction of sp³-hybridized carbons (Fsp3) is 0.500. The molecule has 1 aliphatic carbocycles. The van der Waals surface area contributed by atoms with E-state index in [1.165, 1.54) is 6.92 Å². The number of ether oxygens (including phenoxy) is 1. The lowest BCUT2D eigenvalue weighted by molar-refractivity contribution is 0.00692. The number of Topliss-reactive ketones (excluding diaryl/α,β-unsaturated/α-hetero) is 1. The lowest BCUT2D eigenvalue weighted by atomic mass is 9.95. The van der Waals surface area contributed by atoms with Crippen LogP contribution in [0.4, 0.5) is 0 Å². The van der Waals surface area contributed by atoms with Gasteiger partial charge in [0.1, 0.15) is 11.9 Å². The zero-order valence-corrected chi connectivity index (χ0v) is 11.1. The summed E-state index contributed by atoms with van der Waals surface area (Å²) < 4.78 is 5.74. The number of aliphatic hydroxyl groups excluding tert-OH is 1. The van der Waals surface area contributed by atoms with Crippen LogP contribution in [-0.2, 0) is 0 Å². The molecule has 0 aliphatic heterocycles. The van der Waals surface area contributed by atoms with E-state index in [0.717, 1.165) is 25.7 Å². The molecule has 1 saturated carbocycles. The lowest BCUT2D eigenvalue weighted by Crippen LogP contribution is -2.34. The van der Waals surface area contributed by atoms with Gasteiger partial charge in [0.05, 0.1) is 11.1 Å². The van der Waals surface area contributed by atoms with Crippen molar-refractivity contribution in [3.8, 4) is 5.75 Å². The Kier molecular flexibility index (Phi) is 4.25. The van der Waals surface area contributed by atoms with E-state index < -0.39 is 6.10 Å². The number of carbonyl (C=O) groups excluding carboxylic acids is 1. The molecule has 1 fully saturated rings. The first kappa shape index (κ1) is 13.4. The standard InChI is InChI=1S/C14H17ClO3/c1-9(16)10-6-7-13(11(15)8-10)18-14-5-3-2-4-12(14)17/h6-8,12,14,17H,2-5H2,1H3/t12-,14-/m0/s1. The van der Waals surface area contributed by atoms with Gasteiger partial charge >= 0.3 is 0 Å². The maximum Gasteiger partial charge on any atom is 0.159 e. The van der Waals surface area contributed by atoms with Crippen LogP contribution in [0.15, 0.2) is 18.2 Å². The number of ketones is 1. The van der Waals surface area contributed by atoms with E-state index >= 15 is 0 Å². The van der Waals surface area contributed by atoms with Crippen molar-refractivity contribution in [2.45, 2.75) is 44.8 Å². The first-order valence-corrected chi connectivity index (χ1v) is 6.61. The highest BCUT2D eigenvalue weighted by atomic mass is 35.5. The molecule has 1 aromatic carbocycles. The smallest absolute Gasteiger partial charge is 0.159 e. The highest BCUT2D eigenvalue weighted by Gasteiger charge is 2.25. The Hall–Kier alpha value is -1.06. The van der Waals surface area contributed by atoms with Crippen molar-refractivity contribution in [2.24, 2.45) is 0 Å². The molecule has 18 heavy (non-hydrogen) atoms. The Labute approximate surface area is 112 Å². The molecule has 3 nitrogen and oxygen atoms in total. The summed E-state index contributed by atoms with van der Waals surface area (Å²) in [6.45, 7) is 1.50. The summed E-state index contributed by atoms with van der Waals surface area (Å²) in [5.41, 5.74) is 0.566. The fourth-order valence-corrected chi connectivity index (χ4v) is 2.42. The van der Waals surface area contributed by atoms with Gasteiger partial charge in [-0.15, -0.1) is 0 Å². The molecular weight excluding hydrogens is 252 g/mol. The summed E-state index contributed by atoms with van der Waals surface area (Å²) in [4.78, 5) is 11.2. The van der Waals surface area contributed by atoms with E-state index in [1.54, 1.807) is 18.2 Å². The zero-order valence-electron chi connectivity index (χ0n) is 10.4. The maximum atomic E-state index is 11.2. The van der Waals surface area contributed by atoms with E-state index in [0.29, 0.717) is 16.3 Å². The van der Waals surface area contributed by atoms with Gasteiger partial charge in [0.15, 0.2) is 5.78 Å². The minimum Gasteiger partial charge on any atom is -0.486 e. The molecule has 1 aromatic rings. The van der Waals surface area contributed by atoms with E-state index in [2.05, 4.69) is 0 Å². The van der Waals surface area contributed by atoms with Gasteiger partial charge < -0.3 is 9.84 Å².